The first-order chi connectivity index (χ1) is 10.6. The van der Waals surface area contributed by atoms with E-state index >= 15 is 0 Å². The molecule has 1 heterocycles. The highest BCUT2D eigenvalue weighted by molar-refractivity contribution is 14.1. The fourth-order valence-electron chi connectivity index (χ4n) is 2.32. The molecule has 0 fully saturated rings. The molecule has 0 saturated heterocycles. The first-order valence-electron chi connectivity index (χ1n) is 6.58. The van der Waals surface area contributed by atoms with E-state index in [0.717, 1.165) is 9.13 Å². The van der Waals surface area contributed by atoms with Crippen LogP contribution in [-0.4, -0.2) is 18.2 Å². The minimum atomic E-state index is -1.26. The zero-order chi connectivity index (χ0) is 15.7. The van der Waals surface area contributed by atoms with Gasteiger partial charge in [0.2, 0.25) is 6.29 Å². The van der Waals surface area contributed by atoms with E-state index in [-0.39, 0.29) is 5.56 Å². The number of hydrogen-bond acceptors (Lipinski definition) is 5. The van der Waals surface area contributed by atoms with Crippen LogP contribution in [0.1, 0.15) is 27.8 Å². The lowest BCUT2D eigenvalue weighted by Gasteiger charge is -2.15. The molecule has 6 heteroatoms. The number of fused-ring (bicyclic) bond motifs is 1. The van der Waals surface area contributed by atoms with Gasteiger partial charge in [-0.25, -0.2) is 4.79 Å². The predicted molar refractivity (Wildman–Crippen MR) is 86.9 cm³/mol. The molecule has 5 nitrogen and oxygen atoms in total. The third-order valence-electron chi connectivity index (χ3n) is 3.34. The van der Waals surface area contributed by atoms with Gasteiger partial charge >= 0.3 is 5.97 Å². The van der Waals surface area contributed by atoms with Crippen molar-refractivity contribution in [3.05, 3.63) is 56.7 Å². The maximum absolute atomic E-state index is 11.9. The van der Waals surface area contributed by atoms with Gasteiger partial charge in [0, 0.05) is 5.56 Å². The first kappa shape index (κ1) is 15.1. The topological polar surface area (TPSA) is 65.0 Å². The van der Waals surface area contributed by atoms with E-state index < -0.39 is 12.3 Å². The van der Waals surface area contributed by atoms with E-state index in [1.807, 2.05) is 30.3 Å². The van der Waals surface area contributed by atoms with Crippen LogP contribution in [0.4, 0.5) is 0 Å². The molecule has 1 atom stereocenters. The van der Waals surface area contributed by atoms with Crippen molar-refractivity contribution < 1.29 is 24.1 Å². The molecular weight excluding hydrogens is 399 g/mol. The van der Waals surface area contributed by atoms with Gasteiger partial charge in [0.05, 0.1) is 10.7 Å². The van der Waals surface area contributed by atoms with Crippen molar-refractivity contribution in [3.63, 3.8) is 0 Å². The molecule has 114 valence electrons. The van der Waals surface area contributed by atoms with Crippen LogP contribution in [0.15, 0.2) is 36.4 Å². The molecule has 0 aromatic heterocycles. The molecule has 0 aliphatic carbocycles. The van der Waals surface area contributed by atoms with Crippen LogP contribution in [0.2, 0.25) is 0 Å². The summed E-state index contributed by atoms with van der Waals surface area (Å²) in [5.41, 5.74) is 1.63. The molecule has 1 N–H and O–H groups in total. The van der Waals surface area contributed by atoms with Crippen LogP contribution in [-0.2, 0) is 11.3 Å². The lowest BCUT2D eigenvalue weighted by atomic mass is 10.1. The van der Waals surface area contributed by atoms with Crippen molar-refractivity contribution in [1.29, 1.82) is 0 Å². The van der Waals surface area contributed by atoms with Gasteiger partial charge in [0.15, 0.2) is 11.5 Å². The molecule has 1 aliphatic heterocycles. The van der Waals surface area contributed by atoms with Gasteiger partial charge in [-0.15, -0.1) is 0 Å². The Morgan fingerprint density at radius 1 is 1.27 bits per heavy atom. The maximum atomic E-state index is 11.9. The van der Waals surface area contributed by atoms with Crippen molar-refractivity contribution in [2.45, 2.75) is 12.9 Å². The zero-order valence-electron chi connectivity index (χ0n) is 11.7. The molecule has 0 bridgehead atoms. The van der Waals surface area contributed by atoms with Crippen LogP contribution < -0.4 is 9.47 Å². The maximum Gasteiger partial charge on any atom is 0.345 e. The van der Waals surface area contributed by atoms with Crippen molar-refractivity contribution >= 4 is 28.6 Å². The average molecular weight is 412 g/mol. The molecule has 0 saturated carbocycles. The highest BCUT2D eigenvalue weighted by Crippen LogP contribution is 2.44. The molecule has 1 unspecified atom stereocenters. The number of carbonyl (C=O) groups is 1. The highest BCUT2D eigenvalue weighted by atomic mass is 127. The standard InChI is InChI=1S/C16H13IO5/c1-20-14-12-10(15(18)22-16(12)19)7-11(17)13(14)21-8-9-5-3-2-4-6-9/h2-7,15,18H,8H2,1H3. The summed E-state index contributed by atoms with van der Waals surface area (Å²) in [5.74, 6) is 0.149. The monoisotopic (exact) mass is 412 g/mol. The Bertz CT molecular complexity index is 714. The van der Waals surface area contributed by atoms with Crippen molar-refractivity contribution in [2.24, 2.45) is 0 Å². The molecule has 1 aliphatic rings. The Balaban J connectivity index is 1.98. The van der Waals surface area contributed by atoms with Gasteiger partial charge in [-0.3, -0.25) is 0 Å². The van der Waals surface area contributed by atoms with E-state index in [4.69, 9.17) is 14.2 Å². The van der Waals surface area contributed by atoms with Crippen LogP contribution in [0.5, 0.6) is 11.5 Å². The smallest absolute Gasteiger partial charge is 0.345 e. The van der Waals surface area contributed by atoms with Gasteiger partial charge in [0.1, 0.15) is 12.2 Å². The number of rotatable bonds is 4. The minimum absolute atomic E-state index is 0.221. The summed E-state index contributed by atoms with van der Waals surface area (Å²) in [7, 11) is 1.46. The Labute approximate surface area is 141 Å². The van der Waals surface area contributed by atoms with E-state index in [9.17, 15) is 9.90 Å². The fourth-order valence-corrected chi connectivity index (χ4v) is 3.05. The van der Waals surface area contributed by atoms with E-state index in [0.29, 0.717) is 23.7 Å². The Hall–Kier alpha value is -1.80. The van der Waals surface area contributed by atoms with Crippen LogP contribution in [0.25, 0.3) is 0 Å². The van der Waals surface area contributed by atoms with Crippen LogP contribution in [0.3, 0.4) is 0 Å². The lowest BCUT2D eigenvalue weighted by molar-refractivity contribution is -0.0548. The average Bonchev–Trinajstić information content (AvgIpc) is 2.80. The summed E-state index contributed by atoms with van der Waals surface area (Å²) >= 11 is 2.08. The fraction of sp³-hybridized carbons (Fsp3) is 0.188. The van der Waals surface area contributed by atoms with Gasteiger partial charge in [0.25, 0.3) is 0 Å². The van der Waals surface area contributed by atoms with Gasteiger partial charge in [-0.2, -0.15) is 0 Å². The number of cyclic esters (lactones) is 1. The van der Waals surface area contributed by atoms with Gasteiger partial charge in [-0.1, -0.05) is 30.3 Å². The number of hydrogen-bond donors (Lipinski definition) is 1. The molecule has 2 aromatic carbocycles. The second kappa shape index (κ2) is 6.13. The number of carbonyl (C=O) groups excluding carboxylic acids is 1. The number of methoxy groups -OCH3 is 1. The van der Waals surface area contributed by atoms with E-state index in [1.165, 1.54) is 7.11 Å². The number of aliphatic hydroxyl groups excluding tert-OH is 1. The molecule has 2 aromatic rings. The van der Waals surface area contributed by atoms with Crippen LogP contribution in [0, 0.1) is 3.57 Å². The second-order valence-corrected chi connectivity index (χ2v) is 5.88. The lowest BCUT2D eigenvalue weighted by Crippen LogP contribution is -2.04. The van der Waals surface area contributed by atoms with Gasteiger partial charge in [-0.05, 0) is 34.2 Å². The summed E-state index contributed by atoms with van der Waals surface area (Å²) in [4.78, 5) is 11.9. The Morgan fingerprint density at radius 2 is 2.00 bits per heavy atom. The summed E-state index contributed by atoms with van der Waals surface area (Å²) < 4.78 is 16.7. The van der Waals surface area contributed by atoms with E-state index in [1.54, 1.807) is 6.07 Å². The summed E-state index contributed by atoms with van der Waals surface area (Å²) in [6, 6.07) is 11.4. The van der Waals surface area contributed by atoms with Crippen molar-refractivity contribution in [2.75, 3.05) is 7.11 Å². The first-order valence-corrected chi connectivity index (χ1v) is 7.66. The zero-order valence-corrected chi connectivity index (χ0v) is 13.9. The third-order valence-corrected chi connectivity index (χ3v) is 4.14. The van der Waals surface area contributed by atoms with Crippen LogP contribution >= 0.6 is 22.6 Å². The molecule has 0 amide bonds. The summed E-state index contributed by atoms with van der Waals surface area (Å²) in [6.07, 6.45) is -1.26. The normalized spacial score (nSPS) is 16.1. The second-order valence-electron chi connectivity index (χ2n) is 4.72. The molecule has 0 spiro atoms. The quantitative estimate of drug-likeness (QED) is 0.618. The molecule has 3 rings (SSSR count). The Morgan fingerprint density at radius 3 is 2.68 bits per heavy atom. The summed E-state index contributed by atoms with van der Waals surface area (Å²) in [5, 5.41) is 9.75. The molecule has 22 heavy (non-hydrogen) atoms. The number of halogens is 1. The Kier molecular flexibility index (Phi) is 4.21. The minimum Gasteiger partial charge on any atom is -0.492 e. The largest absolute Gasteiger partial charge is 0.492 e. The number of esters is 1. The predicted octanol–water partition coefficient (Wildman–Crippen LogP) is 3.04. The number of ether oxygens (including phenoxy) is 3. The SMILES string of the molecule is COc1c(OCc2ccccc2)c(I)cc2c1C(=O)OC2O. The van der Waals surface area contributed by atoms with E-state index in [2.05, 4.69) is 22.6 Å². The number of benzene rings is 2. The van der Waals surface area contributed by atoms with Crippen molar-refractivity contribution in [1.82, 2.24) is 0 Å². The number of aliphatic hydroxyl groups is 1. The van der Waals surface area contributed by atoms with Gasteiger partial charge < -0.3 is 19.3 Å². The molecular formula is C16H13IO5. The molecule has 0 radical (unpaired) electrons. The third kappa shape index (κ3) is 2.64. The highest BCUT2D eigenvalue weighted by Gasteiger charge is 2.36. The van der Waals surface area contributed by atoms with Crippen molar-refractivity contribution in [3.8, 4) is 11.5 Å². The summed E-state index contributed by atoms with van der Waals surface area (Å²) in [6.45, 7) is 0.351.